The Bertz CT molecular complexity index is 638. The summed E-state index contributed by atoms with van der Waals surface area (Å²) in [4.78, 5) is 15.8. The largest absolute Gasteiger partial charge is 0.409 e. The monoisotopic (exact) mass is 274 g/mol. The van der Waals surface area contributed by atoms with Crippen molar-refractivity contribution in [3.8, 4) is 0 Å². The minimum absolute atomic E-state index is 0.0945. The normalized spacial score (nSPS) is 11.2. The second-order valence-corrected chi connectivity index (χ2v) is 3.88. The third-order valence-corrected chi connectivity index (χ3v) is 2.50. The number of halogens is 1. The summed E-state index contributed by atoms with van der Waals surface area (Å²) in [6.07, 6.45) is 1.31. The third-order valence-electron chi connectivity index (χ3n) is 2.50. The Morgan fingerprint density at radius 1 is 1.25 bits per heavy atom. The number of hydrogen-bond donors (Lipinski definition) is 3. The number of rotatable bonds is 3. The Kier molecular flexibility index (Phi) is 3.90. The number of benzene rings is 1. The topological polar surface area (TPSA) is 101 Å². The van der Waals surface area contributed by atoms with Crippen LogP contribution in [0.4, 0.5) is 10.1 Å². The summed E-state index contributed by atoms with van der Waals surface area (Å²) in [5.74, 6) is -0.921. The van der Waals surface area contributed by atoms with E-state index in [0.717, 1.165) is 0 Å². The molecule has 0 unspecified atom stereocenters. The average Bonchev–Trinajstić information content (AvgIpc) is 2.49. The predicted molar refractivity (Wildman–Crippen MR) is 71.1 cm³/mol. The number of nitrogens with one attached hydrogen (secondary N) is 1. The standard InChI is InChI=1S/C13H11FN4O2/c14-9-2-4-10(5-3-9)17-13(19)11-6-1-8(7-16-11)12(15)18-20/h1-7,20H,(H2,15,18)(H,17,19). The van der Waals surface area contributed by atoms with Gasteiger partial charge in [-0.25, -0.2) is 4.39 Å². The SMILES string of the molecule is NC(=NO)c1ccc(C(=O)Nc2ccc(F)cc2)nc1. The van der Waals surface area contributed by atoms with Gasteiger partial charge in [0.1, 0.15) is 11.5 Å². The molecule has 0 fully saturated rings. The zero-order valence-electron chi connectivity index (χ0n) is 10.2. The van der Waals surface area contributed by atoms with E-state index in [9.17, 15) is 9.18 Å². The molecule has 102 valence electrons. The number of pyridine rings is 1. The molecule has 0 bridgehead atoms. The first-order valence-corrected chi connectivity index (χ1v) is 5.61. The number of oxime groups is 1. The number of nitrogens with zero attached hydrogens (tertiary/aromatic N) is 2. The molecule has 0 atom stereocenters. The molecule has 0 radical (unpaired) electrons. The molecule has 0 saturated heterocycles. The van der Waals surface area contributed by atoms with E-state index >= 15 is 0 Å². The maximum atomic E-state index is 12.7. The molecule has 7 heteroatoms. The molecule has 1 amide bonds. The summed E-state index contributed by atoms with van der Waals surface area (Å²) >= 11 is 0. The van der Waals surface area contributed by atoms with E-state index in [1.807, 2.05) is 0 Å². The Morgan fingerprint density at radius 2 is 1.95 bits per heavy atom. The molecule has 1 aromatic heterocycles. The highest BCUT2D eigenvalue weighted by Gasteiger charge is 2.08. The minimum atomic E-state index is -0.442. The number of amidine groups is 1. The van der Waals surface area contributed by atoms with E-state index in [1.54, 1.807) is 0 Å². The fraction of sp³-hybridized carbons (Fsp3) is 0. The molecule has 2 rings (SSSR count). The van der Waals surface area contributed by atoms with Gasteiger partial charge in [-0.3, -0.25) is 9.78 Å². The molecule has 1 heterocycles. The van der Waals surface area contributed by atoms with Crippen LogP contribution < -0.4 is 11.1 Å². The molecular weight excluding hydrogens is 263 g/mol. The first-order valence-electron chi connectivity index (χ1n) is 5.61. The van der Waals surface area contributed by atoms with Crippen LogP contribution in [0.5, 0.6) is 0 Å². The fourth-order valence-electron chi connectivity index (χ4n) is 1.47. The van der Waals surface area contributed by atoms with E-state index in [4.69, 9.17) is 10.9 Å². The second-order valence-electron chi connectivity index (χ2n) is 3.88. The lowest BCUT2D eigenvalue weighted by Crippen LogP contribution is -2.16. The highest BCUT2D eigenvalue weighted by atomic mass is 19.1. The summed E-state index contributed by atoms with van der Waals surface area (Å²) in [7, 11) is 0. The van der Waals surface area contributed by atoms with Gasteiger partial charge >= 0.3 is 0 Å². The Labute approximate surface area is 113 Å². The van der Waals surface area contributed by atoms with Crippen LogP contribution in [0.2, 0.25) is 0 Å². The Hall–Kier alpha value is -2.96. The van der Waals surface area contributed by atoms with Crippen molar-refractivity contribution in [2.45, 2.75) is 0 Å². The van der Waals surface area contributed by atoms with E-state index in [0.29, 0.717) is 11.3 Å². The Balaban J connectivity index is 2.11. The van der Waals surface area contributed by atoms with Crippen molar-refractivity contribution in [2.75, 3.05) is 5.32 Å². The fourth-order valence-corrected chi connectivity index (χ4v) is 1.47. The van der Waals surface area contributed by atoms with Gasteiger partial charge in [0, 0.05) is 17.4 Å². The number of nitrogens with two attached hydrogens (primary N) is 1. The quantitative estimate of drug-likeness (QED) is 0.342. The lowest BCUT2D eigenvalue weighted by atomic mass is 10.2. The van der Waals surface area contributed by atoms with Gasteiger partial charge in [-0.2, -0.15) is 0 Å². The van der Waals surface area contributed by atoms with Crippen LogP contribution in [-0.4, -0.2) is 21.9 Å². The van der Waals surface area contributed by atoms with Crippen molar-refractivity contribution >= 4 is 17.4 Å². The summed E-state index contributed by atoms with van der Waals surface area (Å²) in [6, 6.07) is 8.30. The van der Waals surface area contributed by atoms with Crippen LogP contribution >= 0.6 is 0 Å². The van der Waals surface area contributed by atoms with Gasteiger partial charge in [0.2, 0.25) is 0 Å². The molecule has 0 saturated carbocycles. The zero-order valence-corrected chi connectivity index (χ0v) is 10.2. The minimum Gasteiger partial charge on any atom is -0.409 e. The summed E-state index contributed by atoms with van der Waals surface area (Å²) < 4.78 is 12.7. The van der Waals surface area contributed by atoms with Crippen LogP contribution in [0.1, 0.15) is 16.1 Å². The molecule has 0 aliphatic rings. The van der Waals surface area contributed by atoms with Gasteiger partial charge in [0.05, 0.1) is 0 Å². The van der Waals surface area contributed by atoms with Gasteiger partial charge in [0.15, 0.2) is 5.84 Å². The number of anilines is 1. The lowest BCUT2D eigenvalue weighted by molar-refractivity contribution is 0.102. The van der Waals surface area contributed by atoms with Crippen molar-refractivity contribution in [2.24, 2.45) is 10.9 Å². The molecular formula is C13H11FN4O2. The molecule has 0 aliphatic heterocycles. The van der Waals surface area contributed by atoms with E-state index in [-0.39, 0.29) is 17.3 Å². The highest BCUT2D eigenvalue weighted by molar-refractivity contribution is 6.03. The smallest absolute Gasteiger partial charge is 0.274 e. The molecule has 4 N–H and O–H groups in total. The van der Waals surface area contributed by atoms with Crippen LogP contribution in [0.25, 0.3) is 0 Å². The van der Waals surface area contributed by atoms with E-state index < -0.39 is 5.91 Å². The molecule has 0 spiro atoms. The van der Waals surface area contributed by atoms with Crippen molar-refractivity contribution < 1.29 is 14.4 Å². The first-order chi connectivity index (χ1) is 9.60. The number of carbonyl (C=O) groups is 1. The average molecular weight is 274 g/mol. The van der Waals surface area contributed by atoms with Gasteiger partial charge in [0.25, 0.3) is 5.91 Å². The summed E-state index contributed by atoms with van der Waals surface area (Å²) in [6.45, 7) is 0. The first kappa shape index (κ1) is 13.5. The second kappa shape index (κ2) is 5.79. The molecule has 1 aromatic carbocycles. The maximum Gasteiger partial charge on any atom is 0.274 e. The van der Waals surface area contributed by atoms with Crippen molar-refractivity contribution in [1.29, 1.82) is 0 Å². The molecule has 2 aromatic rings. The van der Waals surface area contributed by atoms with Crippen molar-refractivity contribution in [3.05, 3.63) is 59.7 Å². The van der Waals surface area contributed by atoms with Gasteiger partial charge in [-0.05, 0) is 36.4 Å². The summed E-state index contributed by atoms with van der Waals surface area (Å²) in [5, 5.41) is 13.9. The van der Waals surface area contributed by atoms with Crippen molar-refractivity contribution in [3.63, 3.8) is 0 Å². The number of aromatic nitrogens is 1. The highest BCUT2D eigenvalue weighted by Crippen LogP contribution is 2.10. The van der Waals surface area contributed by atoms with Crippen LogP contribution in [0, 0.1) is 5.82 Å². The predicted octanol–water partition coefficient (Wildman–Crippen LogP) is 1.57. The number of hydrogen-bond acceptors (Lipinski definition) is 4. The third kappa shape index (κ3) is 3.08. The van der Waals surface area contributed by atoms with Gasteiger partial charge in [-0.15, -0.1) is 0 Å². The molecule has 6 nitrogen and oxygen atoms in total. The van der Waals surface area contributed by atoms with Gasteiger partial charge < -0.3 is 16.3 Å². The van der Waals surface area contributed by atoms with Crippen molar-refractivity contribution in [1.82, 2.24) is 4.98 Å². The Morgan fingerprint density at radius 3 is 2.50 bits per heavy atom. The molecule has 0 aliphatic carbocycles. The van der Waals surface area contributed by atoms with E-state index in [2.05, 4.69) is 15.5 Å². The van der Waals surface area contributed by atoms with Crippen LogP contribution in [-0.2, 0) is 0 Å². The molecule has 20 heavy (non-hydrogen) atoms. The van der Waals surface area contributed by atoms with Crippen LogP contribution in [0.3, 0.4) is 0 Å². The lowest BCUT2D eigenvalue weighted by Gasteiger charge is -2.05. The van der Waals surface area contributed by atoms with Crippen LogP contribution in [0.15, 0.2) is 47.8 Å². The maximum absolute atomic E-state index is 12.7. The number of amides is 1. The summed E-state index contributed by atoms with van der Waals surface area (Å²) in [5.41, 5.74) is 6.39. The zero-order chi connectivity index (χ0) is 14.5. The number of carbonyl (C=O) groups excluding carboxylic acids is 1. The van der Waals surface area contributed by atoms with E-state index in [1.165, 1.54) is 42.6 Å². The van der Waals surface area contributed by atoms with Gasteiger partial charge in [-0.1, -0.05) is 5.16 Å².